The third-order valence-corrected chi connectivity index (χ3v) is 2.85. The van der Waals surface area contributed by atoms with Crippen molar-refractivity contribution in [2.24, 2.45) is 0 Å². The molecule has 52 valence electrons. The number of hydrogen-bond donors (Lipinski definition) is 0. The number of allylic oxidation sites excluding steroid dienone is 1. The Kier molecular flexibility index (Phi) is 1.21. The van der Waals surface area contributed by atoms with Gasteiger partial charge in [-0.15, -0.1) is 11.3 Å². The Hall–Kier alpha value is -0.560. The van der Waals surface area contributed by atoms with Gasteiger partial charge < -0.3 is 0 Å². The van der Waals surface area contributed by atoms with Crippen molar-refractivity contribution < 1.29 is 0 Å². The van der Waals surface area contributed by atoms with Crippen LogP contribution >= 0.6 is 11.3 Å². The lowest BCUT2D eigenvalue weighted by atomic mass is 10.2. The lowest BCUT2D eigenvalue weighted by Gasteiger charge is -1.86. The van der Waals surface area contributed by atoms with Crippen LogP contribution < -0.4 is 0 Å². The second-order valence-electron chi connectivity index (χ2n) is 2.91. The molecule has 0 saturated heterocycles. The van der Waals surface area contributed by atoms with Gasteiger partial charge in [-0.25, -0.2) is 0 Å². The monoisotopic (exact) mass is 150 g/mol. The topological polar surface area (TPSA) is 0 Å². The van der Waals surface area contributed by atoms with Crippen molar-refractivity contribution in [2.45, 2.75) is 20.3 Å². The number of thiophene rings is 1. The third-order valence-electron chi connectivity index (χ3n) is 1.81. The molecule has 1 heteroatoms. The van der Waals surface area contributed by atoms with Crippen LogP contribution in [0.3, 0.4) is 0 Å². The maximum Gasteiger partial charge on any atom is 0.0307 e. The molecule has 0 radical (unpaired) electrons. The van der Waals surface area contributed by atoms with Crippen LogP contribution in [0, 0.1) is 6.92 Å². The van der Waals surface area contributed by atoms with E-state index in [1.54, 1.807) is 0 Å². The van der Waals surface area contributed by atoms with Crippen LogP contribution in [0.5, 0.6) is 0 Å². The fourth-order valence-corrected chi connectivity index (χ4v) is 2.49. The molecule has 0 aliphatic heterocycles. The molecule has 0 nitrogen and oxygen atoms in total. The van der Waals surface area contributed by atoms with Crippen LogP contribution in [0.4, 0.5) is 0 Å². The van der Waals surface area contributed by atoms with E-state index >= 15 is 0 Å². The molecule has 1 aromatic rings. The van der Waals surface area contributed by atoms with Crippen molar-refractivity contribution in [3.63, 3.8) is 0 Å². The molecule has 10 heavy (non-hydrogen) atoms. The summed E-state index contributed by atoms with van der Waals surface area (Å²) in [5.74, 6) is 0. The van der Waals surface area contributed by atoms with E-state index in [4.69, 9.17) is 0 Å². The maximum atomic E-state index is 2.30. The molecule has 0 bridgehead atoms. The van der Waals surface area contributed by atoms with Gasteiger partial charge in [-0.1, -0.05) is 5.57 Å². The second kappa shape index (κ2) is 1.96. The molecule has 0 spiro atoms. The van der Waals surface area contributed by atoms with Gasteiger partial charge in [0.05, 0.1) is 0 Å². The van der Waals surface area contributed by atoms with Crippen LogP contribution in [-0.4, -0.2) is 0 Å². The fourth-order valence-electron chi connectivity index (χ4n) is 1.42. The standard InChI is InChI=1S/C9H10S/c1-6-3-8-5-7(2)10-9(8)4-6/h4-5H,3H2,1-2H3. The van der Waals surface area contributed by atoms with Crippen molar-refractivity contribution in [3.8, 4) is 0 Å². The van der Waals surface area contributed by atoms with E-state index in [1.165, 1.54) is 27.3 Å². The summed E-state index contributed by atoms with van der Waals surface area (Å²) in [5.41, 5.74) is 3.03. The van der Waals surface area contributed by atoms with Crippen molar-refractivity contribution in [3.05, 3.63) is 27.0 Å². The molecule has 0 fully saturated rings. The summed E-state index contributed by atoms with van der Waals surface area (Å²) in [4.78, 5) is 2.92. The average molecular weight is 150 g/mol. The van der Waals surface area contributed by atoms with Gasteiger partial charge in [-0.3, -0.25) is 0 Å². The van der Waals surface area contributed by atoms with Crippen molar-refractivity contribution in [2.75, 3.05) is 0 Å². The van der Waals surface area contributed by atoms with Gasteiger partial charge in [-0.2, -0.15) is 0 Å². The minimum Gasteiger partial charge on any atom is -0.141 e. The SMILES string of the molecule is CC1=Cc2sc(C)cc2C1. The van der Waals surface area contributed by atoms with Gasteiger partial charge in [-0.05, 0) is 38.0 Å². The van der Waals surface area contributed by atoms with Gasteiger partial charge in [0, 0.05) is 9.75 Å². The number of fused-ring (bicyclic) bond motifs is 1. The highest BCUT2D eigenvalue weighted by Crippen LogP contribution is 2.31. The summed E-state index contributed by atoms with van der Waals surface area (Å²) < 4.78 is 0. The predicted molar refractivity (Wildman–Crippen MR) is 46.4 cm³/mol. The molecular formula is C9H10S. The molecule has 0 amide bonds. The first-order valence-corrected chi connectivity index (χ1v) is 4.34. The third kappa shape index (κ3) is 0.816. The summed E-state index contributed by atoms with van der Waals surface area (Å²) in [6.07, 6.45) is 3.48. The molecule has 1 aliphatic rings. The molecule has 0 N–H and O–H groups in total. The van der Waals surface area contributed by atoms with Crippen molar-refractivity contribution >= 4 is 17.4 Å². The molecule has 1 heterocycles. The average Bonchev–Trinajstić information content (AvgIpc) is 2.21. The van der Waals surface area contributed by atoms with Gasteiger partial charge in [0.1, 0.15) is 0 Å². The lowest BCUT2D eigenvalue weighted by molar-refractivity contribution is 1.20. The largest absolute Gasteiger partial charge is 0.141 e. The normalized spacial score (nSPS) is 15.2. The summed E-state index contributed by atoms with van der Waals surface area (Å²) in [5, 5.41) is 0. The first kappa shape index (κ1) is 6.17. The molecule has 1 aromatic heterocycles. The zero-order valence-corrected chi connectivity index (χ0v) is 7.09. The van der Waals surface area contributed by atoms with Crippen LogP contribution in [-0.2, 0) is 6.42 Å². The molecule has 0 aromatic carbocycles. The first-order valence-electron chi connectivity index (χ1n) is 3.52. The number of aryl methyl sites for hydroxylation is 1. The van der Waals surface area contributed by atoms with Crippen LogP contribution in [0.2, 0.25) is 0 Å². The minimum atomic E-state index is 1.18. The first-order chi connectivity index (χ1) is 4.75. The second-order valence-corrected chi connectivity index (χ2v) is 4.20. The minimum absolute atomic E-state index is 1.18. The molecule has 0 saturated carbocycles. The predicted octanol–water partition coefficient (Wildman–Crippen LogP) is 3.02. The van der Waals surface area contributed by atoms with Gasteiger partial charge in [0.2, 0.25) is 0 Å². The molecule has 0 atom stereocenters. The van der Waals surface area contributed by atoms with E-state index in [9.17, 15) is 0 Å². The van der Waals surface area contributed by atoms with E-state index in [2.05, 4.69) is 26.0 Å². The summed E-state index contributed by atoms with van der Waals surface area (Å²) in [6.45, 7) is 4.37. The van der Waals surface area contributed by atoms with E-state index in [1.807, 2.05) is 11.3 Å². The number of rotatable bonds is 0. The van der Waals surface area contributed by atoms with E-state index in [-0.39, 0.29) is 0 Å². The molecule has 2 rings (SSSR count). The number of hydrogen-bond acceptors (Lipinski definition) is 1. The quantitative estimate of drug-likeness (QED) is 0.533. The van der Waals surface area contributed by atoms with Gasteiger partial charge in [0.25, 0.3) is 0 Å². The van der Waals surface area contributed by atoms with Crippen molar-refractivity contribution in [1.29, 1.82) is 0 Å². The van der Waals surface area contributed by atoms with Crippen LogP contribution in [0.15, 0.2) is 11.6 Å². The van der Waals surface area contributed by atoms with E-state index in [0.717, 1.165) is 0 Å². The summed E-state index contributed by atoms with van der Waals surface area (Å²) >= 11 is 1.90. The van der Waals surface area contributed by atoms with Crippen LogP contribution in [0.1, 0.15) is 22.2 Å². The van der Waals surface area contributed by atoms with Gasteiger partial charge in [0.15, 0.2) is 0 Å². The zero-order chi connectivity index (χ0) is 7.14. The Morgan fingerprint density at radius 3 is 2.90 bits per heavy atom. The highest BCUT2D eigenvalue weighted by atomic mass is 32.1. The Bertz CT molecular complexity index is 292. The van der Waals surface area contributed by atoms with Crippen molar-refractivity contribution in [1.82, 2.24) is 0 Å². The van der Waals surface area contributed by atoms with Gasteiger partial charge >= 0.3 is 0 Å². The lowest BCUT2D eigenvalue weighted by Crippen LogP contribution is -1.74. The Morgan fingerprint density at radius 1 is 1.40 bits per heavy atom. The zero-order valence-electron chi connectivity index (χ0n) is 6.27. The Morgan fingerprint density at radius 2 is 2.20 bits per heavy atom. The molecule has 0 unspecified atom stereocenters. The smallest absolute Gasteiger partial charge is 0.0307 e. The maximum absolute atomic E-state index is 2.30. The highest BCUT2D eigenvalue weighted by molar-refractivity contribution is 7.13. The summed E-state index contributed by atoms with van der Waals surface area (Å²) in [6, 6.07) is 2.30. The van der Waals surface area contributed by atoms with Crippen LogP contribution in [0.25, 0.3) is 6.08 Å². The van der Waals surface area contributed by atoms with E-state index < -0.39 is 0 Å². The Balaban J connectivity index is 2.53. The highest BCUT2D eigenvalue weighted by Gasteiger charge is 2.11. The van der Waals surface area contributed by atoms with E-state index in [0.29, 0.717) is 0 Å². The summed E-state index contributed by atoms with van der Waals surface area (Å²) in [7, 11) is 0. The Labute approximate surface area is 65.2 Å². The molecular weight excluding hydrogens is 140 g/mol. The molecule has 1 aliphatic carbocycles. The fraction of sp³-hybridized carbons (Fsp3) is 0.333.